The predicted octanol–water partition coefficient (Wildman–Crippen LogP) is -5.61. The molecule has 3 atom stereocenters. The highest BCUT2D eigenvalue weighted by atomic mass is 17.6. The summed E-state index contributed by atoms with van der Waals surface area (Å²) in [6.45, 7) is 0. The summed E-state index contributed by atoms with van der Waals surface area (Å²) in [4.78, 5) is 15.4. The maximum atomic E-state index is 10.5. The van der Waals surface area contributed by atoms with E-state index < -0.39 is 16.1 Å². The molecule has 86 valence electrons. The second kappa shape index (κ2) is 7.88. The molecule has 0 heterocycles. The predicted molar refractivity (Wildman–Crippen MR) is 33.4 cm³/mol. The van der Waals surface area contributed by atoms with E-state index in [2.05, 4.69) is 24.7 Å². The lowest BCUT2D eigenvalue weighted by Gasteiger charge is -2.21. The molecular weight excluding hydrogens is 208 g/mol. The molecule has 0 amide bonds. The van der Waals surface area contributed by atoms with E-state index in [1.54, 1.807) is 5.53 Å². The van der Waals surface area contributed by atoms with Gasteiger partial charge in [0, 0.05) is 15.0 Å². The van der Waals surface area contributed by atoms with Crippen LogP contribution in [0.15, 0.2) is 0 Å². The van der Waals surface area contributed by atoms with Crippen LogP contribution in [0.5, 0.6) is 0 Å². The van der Waals surface area contributed by atoms with Crippen LogP contribution in [0, 0.1) is 15.6 Å². The van der Waals surface area contributed by atoms with Gasteiger partial charge in [-0.3, -0.25) is 0 Å². The normalized spacial score (nSPS) is 17.8. The van der Waals surface area contributed by atoms with Crippen LogP contribution >= 0.6 is 0 Å². The summed E-state index contributed by atoms with van der Waals surface area (Å²) >= 11 is 0. The maximum absolute atomic E-state index is 10.5. The Morgan fingerprint density at radius 1 is 0.929 bits per heavy atom. The number of nitrogens with one attached hydrogen (secondary N) is 4. The molecule has 0 aliphatic rings. The lowest BCUT2D eigenvalue weighted by Crippen LogP contribution is -3.34. The minimum Gasteiger partial charge on any atom is -0.576 e. The average Bonchev–Trinajstić information content (AvgIpc) is 2.17. The second-order valence-corrected chi connectivity index (χ2v) is 1.59. The fourth-order valence-corrected chi connectivity index (χ4v) is 0.265. The quantitative estimate of drug-likeness (QED) is 0.231. The molecule has 0 aromatic heterocycles. The van der Waals surface area contributed by atoms with Crippen molar-refractivity contribution in [2.75, 3.05) is 14.2 Å². The van der Waals surface area contributed by atoms with E-state index in [4.69, 9.17) is 0 Å². The molecule has 0 aromatic carbocycles. The molecule has 14 heavy (non-hydrogen) atoms. The van der Waals surface area contributed by atoms with Crippen molar-refractivity contribution >= 4 is 0 Å². The molecule has 0 saturated heterocycles. The number of quaternary nitrogens is 3. The molecule has 0 aromatic rings. The Kier molecular flexibility index (Phi) is 7.61. The Morgan fingerprint density at radius 2 is 1.57 bits per heavy atom. The van der Waals surface area contributed by atoms with Gasteiger partial charge in [0.05, 0.1) is 12.6 Å². The van der Waals surface area contributed by atoms with Crippen LogP contribution in [-0.2, 0) is 24.7 Å². The van der Waals surface area contributed by atoms with Crippen molar-refractivity contribution in [2.24, 2.45) is 0 Å². The Hall–Kier alpha value is -0.480. The van der Waals surface area contributed by atoms with Crippen molar-refractivity contribution in [3.05, 3.63) is 15.6 Å². The zero-order valence-corrected chi connectivity index (χ0v) is 7.27. The van der Waals surface area contributed by atoms with Crippen molar-refractivity contribution in [3.8, 4) is 0 Å². The van der Waals surface area contributed by atoms with Gasteiger partial charge in [0.25, 0.3) is 0 Å². The molecule has 0 rings (SSSR count). The SMILES string of the molecule is CO[NH+]([O-])N[NH+]([O-])OOO[NH+]([O-])OC. The van der Waals surface area contributed by atoms with Crippen LogP contribution in [0.1, 0.15) is 0 Å². The lowest BCUT2D eigenvalue weighted by atomic mass is 11.7. The van der Waals surface area contributed by atoms with Crippen LogP contribution in [0.3, 0.4) is 0 Å². The van der Waals surface area contributed by atoms with Gasteiger partial charge in [-0.1, -0.05) is 10.7 Å². The fraction of sp³-hybridized carbons (Fsp3) is 1.00. The van der Waals surface area contributed by atoms with Gasteiger partial charge in [-0.2, -0.15) is 9.68 Å². The topological polar surface area (TPSA) is 141 Å². The first-order chi connectivity index (χ1) is 6.60. The van der Waals surface area contributed by atoms with Crippen LogP contribution in [0.4, 0.5) is 0 Å². The molecule has 3 unspecified atom stereocenters. The Balaban J connectivity index is 3.39. The molecule has 12 nitrogen and oxygen atoms in total. The minimum absolute atomic E-state index is 1.01. The molecule has 0 fully saturated rings. The standard InChI is InChI=1S/C2H10N4O8/c1-10-4(7)3-5(8)12-14-13-6(9)11-2/h3-6H,1-2H3. The monoisotopic (exact) mass is 218 g/mol. The molecule has 4 N–H and O–H groups in total. The second-order valence-electron chi connectivity index (χ2n) is 1.59. The van der Waals surface area contributed by atoms with Gasteiger partial charge in [0.15, 0.2) is 0 Å². The molecule has 0 saturated carbocycles. The van der Waals surface area contributed by atoms with E-state index >= 15 is 0 Å². The average molecular weight is 218 g/mol. The highest BCUT2D eigenvalue weighted by Gasteiger charge is 2.06. The van der Waals surface area contributed by atoms with Crippen LogP contribution in [0.25, 0.3) is 0 Å². The molecule has 0 bridgehead atoms. The third-order valence-corrected chi connectivity index (χ3v) is 0.768. The lowest BCUT2D eigenvalue weighted by molar-refractivity contribution is -1.33. The van der Waals surface area contributed by atoms with Gasteiger partial charge in [-0.25, -0.2) is 0 Å². The third-order valence-electron chi connectivity index (χ3n) is 0.768. The van der Waals surface area contributed by atoms with Crippen LogP contribution in [-0.4, -0.2) is 14.2 Å². The third kappa shape index (κ3) is 6.97. The van der Waals surface area contributed by atoms with Crippen molar-refractivity contribution < 1.29 is 40.8 Å². The molecular formula is C2H10N4O8. The van der Waals surface area contributed by atoms with E-state index in [9.17, 15) is 15.6 Å². The van der Waals surface area contributed by atoms with E-state index in [1.807, 2.05) is 0 Å². The van der Waals surface area contributed by atoms with E-state index in [0.29, 0.717) is 0 Å². The van der Waals surface area contributed by atoms with Gasteiger partial charge in [0.2, 0.25) is 0 Å². The van der Waals surface area contributed by atoms with Gasteiger partial charge in [0.1, 0.15) is 7.11 Å². The highest BCUT2D eigenvalue weighted by Crippen LogP contribution is 1.60. The van der Waals surface area contributed by atoms with Crippen molar-refractivity contribution in [1.29, 1.82) is 0 Å². The van der Waals surface area contributed by atoms with E-state index in [0.717, 1.165) is 14.2 Å². The summed E-state index contributed by atoms with van der Waals surface area (Å²) in [6.07, 6.45) is 0. The minimum atomic E-state index is -1.32. The summed E-state index contributed by atoms with van der Waals surface area (Å²) in [5.41, 5.74) is 1.54. The number of hydrogen-bond acceptors (Lipinski definition) is 9. The fourth-order valence-electron chi connectivity index (χ4n) is 0.265. The zero-order chi connectivity index (χ0) is 11.0. The summed E-state index contributed by atoms with van der Waals surface area (Å²) in [6, 6.07) is 0. The zero-order valence-electron chi connectivity index (χ0n) is 7.27. The highest BCUT2D eigenvalue weighted by molar-refractivity contribution is 3.84. The van der Waals surface area contributed by atoms with Crippen molar-refractivity contribution in [3.63, 3.8) is 0 Å². The summed E-state index contributed by atoms with van der Waals surface area (Å²) in [7, 11) is 2.05. The smallest absolute Gasteiger partial charge is 0.100 e. The summed E-state index contributed by atoms with van der Waals surface area (Å²) in [5.74, 6) is 0. The first-order valence-corrected chi connectivity index (χ1v) is 3.08. The summed E-state index contributed by atoms with van der Waals surface area (Å²) in [5, 5.41) is 31.0. The van der Waals surface area contributed by atoms with Gasteiger partial charge < -0.3 is 15.6 Å². The molecule has 12 heteroatoms. The Morgan fingerprint density at radius 3 is 2.07 bits per heavy atom. The van der Waals surface area contributed by atoms with Gasteiger partial charge in [-0.15, -0.1) is 0 Å². The first-order valence-electron chi connectivity index (χ1n) is 3.08. The Bertz CT molecular complexity index is 137. The van der Waals surface area contributed by atoms with Crippen LogP contribution in [0.2, 0.25) is 0 Å². The number of rotatable bonds is 8. The molecule has 0 aliphatic heterocycles. The summed E-state index contributed by atoms with van der Waals surface area (Å²) < 4.78 is 0. The van der Waals surface area contributed by atoms with Crippen LogP contribution < -0.4 is 21.6 Å². The number of hydrogen-bond donors (Lipinski definition) is 4. The molecule has 0 spiro atoms. The molecule has 0 radical (unpaired) electrons. The van der Waals surface area contributed by atoms with E-state index in [-0.39, 0.29) is 0 Å². The van der Waals surface area contributed by atoms with Gasteiger partial charge in [-0.05, 0) is 5.39 Å². The molecule has 0 aliphatic carbocycles. The maximum Gasteiger partial charge on any atom is 0.100 e. The van der Waals surface area contributed by atoms with E-state index in [1.165, 1.54) is 0 Å². The largest absolute Gasteiger partial charge is 0.576 e. The first kappa shape index (κ1) is 13.5. The van der Waals surface area contributed by atoms with Crippen molar-refractivity contribution in [2.45, 2.75) is 0 Å². The Labute approximate surface area is 77.4 Å². The van der Waals surface area contributed by atoms with Gasteiger partial charge >= 0.3 is 0 Å². The van der Waals surface area contributed by atoms with Crippen molar-refractivity contribution in [1.82, 2.24) is 5.53 Å².